The van der Waals surface area contributed by atoms with Crippen molar-refractivity contribution in [3.63, 3.8) is 0 Å². The van der Waals surface area contributed by atoms with Gasteiger partial charge >= 0.3 is 0 Å². The Kier molecular flexibility index (Phi) is 2.95. The minimum atomic E-state index is -0.647. The summed E-state index contributed by atoms with van der Waals surface area (Å²) in [5, 5.41) is 23.6. The van der Waals surface area contributed by atoms with E-state index in [9.17, 15) is 10.2 Å². The molecule has 3 aliphatic heterocycles. The van der Waals surface area contributed by atoms with E-state index in [1.54, 1.807) is 0 Å². The van der Waals surface area contributed by atoms with Crippen LogP contribution in [-0.2, 0) is 6.42 Å². The van der Waals surface area contributed by atoms with Crippen LogP contribution in [0, 0.1) is 5.92 Å². The van der Waals surface area contributed by atoms with Crippen molar-refractivity contribution >= 4 is 10.8 Å². The third-order valence-corrected chi connectivity index (χ3v) is 5.49. The lowest BCUT2D eigenvalue weighted by atomic mass is 9.72. The zero-order chi connectivity index (χ0) is 14.4. The van der Waals surface area contributed by atoms with Crippen LogP contribution >= 0.6 is 0 Å². The molecule has 3 N–H and O–H groups in total. The quantitative estimate of drug-likeness (QED) is 0.774. The van der Waals surface area contributed by atoms with E-state index in [4.69, 9.17) is 0 Å². The average Bonchev–Trinajstić information content (AvgIpc) is 2.51. The fourth-order valence-electron chi connectivity index (χ4n) is 4.30. The Bertz CT molecular complexity index is 676. The van der Waals surface area contributed by atoms with Gasteiger partial charge in [-0.05, 0) is 10.9 Å². The maximum atomic E-state index is 11.1. The SMILES string of the molecule is Oc1c(CC2(O)C[NH+]3CCC2CC3)ccc2ccccc12. The molecule has 0 spiro atoms. The molecule has 3 saturated heterocycles. The van der Waals surface area contributed by atoms with Crippen LogP contribution in [0.5, 0.6) is 5.75 Å². The number of fused-ring (bicyclic) bond motifs is 4. The lowest BCUT2D eigenvalue weighted by Gasteiger charge is -2.47. The van der Waals surface area contributed by atoms with Crippen LogP contribution in [0.1, 0.15) is 18.4 Å². The van der Waals surface area contributed by atoms with Gasteiger partial charge in [0.1, 0.15) is 17.9 Å². The highest BCUT2D eigenvalue weighted by Gasteiger charge is 2.48. The molecule has 1 atom stereocenters. The van der Waals surface area contributed by atoms with Crippen LogP contribution in [0.15, 0.2) is 36.4 Å². The van der Waals surface area contributed by atoms with E-state index in [1.807, 2.05) is 36.4 Å². The maximum Gasteiger partial charge on any atom is 0.126 e. The highest BCUT2D eigenvalue weighted by molar-refractivity contribution is 5.89. The summed E-state index contributed by atoms with van der Waals surface area (Å²) in [7, 11) is 0. The molecule has 5 rings (SSSR count). The Morgan fingerprint density at radius 1 is 1.10 bits per heavy atom. The van der Waals surface area contributed by atoms with E-state index in [1.165, 1.54) is 18.0 Å². The first-order valence-corrected chi connectivity index (χ1v) is 7.91. The summed E-state index contributed by atoms with van der Waals surface area (Å²) in [5.41, 5.74) is 0.232. The number of phenols is 1. The Hall–Kier alpha value is -1.58. The molecule has 0 saturated carbocycles. The first-order valence-electron chi connectivity index (χ1n) is 7.91. The summed E-state index contributed by atoms with van der Waals surface area (Å²) >= 11 is 0. The first-order chi connectivity index (χ1) is 10.2. The molecule has 2 aromatic carbocycles. The smallest absolute Gasteiger partial charge is 0.126 e. The monoisotopic (exact) mass is 284 g/mol. The Morgan fingerprint density at radius 3 is 2.57 bits per heavy atom. The van der Waals surface area contributed by atoms with Gasteiger partial charge < -0.3 is 15.1 Å². The molecule has 21 heavy (non-hydrogen) atoms. The zero-order valence-electron chi connectivity index (χ0n) is 12.2. The first kappa shape index (κ1) is 13.1. The van der Waals surface area contributed by atoms with E-state index in [0.29, 0.717) is 18.1 Å². The number of aliphatic hydroxyl groups is 1. The van der Waals surface area contributed by atoms with Gasteiger partial charge in [-0.15, -0.1) is 0 Å². The number of quaternary nitrogens is 1. The number of nitrogens with one attached hydrogen (secondary N) is 1. The molecular weight excluding hydrogens is 262 g/mol. The third kappa shape index (κ3) is 2.12. The van der Waals surface area contributed by atoms with Crippen molar-refractivity contribution in [1.29, 1.82) is 0 Å². The highest BCUT2D eigenvalue weighted by atomic mass is 16.3. The van der Waals surface area contributed by atoms with Crippen molar-refractivity contribution in [1.82, 2.24) is 0 Å². The highest BCUT2D eigenvalue weighted by Crippen LogP contribution is 2.36. The minimum absolute atomic E-state index is 0.341. The zero-order valence-corrected chi connectivity index (χ0v) is 12.2. The number of piperidine rings is 3. The fourth-order valence-corrected chi connectivity index (χ4v) is 4.30. The Morgan fingerprint density at radius 2 is 1.86 bits per heavy atom. The van der Waals surface area contributed by atoms with Gasteiger partial charge in [0, 0.05) is 30.6 Å². The molecule has 1 unspecified atom stereocenters. The predicted molar refractivity (Wildman–Crippen MR) is 82.6 cm³/mol. The second kappa shape index (κ2) is 4.72. The topological polar surface area (TPSA) is 44.9 Å². The van der Waals surface area contributed by atoms with Crippen LogP contribution in [0.3, 0.4) is 0 Å². The van der Waals surface area contributed by atoms with E-state index in [0.717, 1.165) is 35.7 Å². The summed E-state index contributed by atoms with van der Waals surface area (Å²) in [6.45, 7) is 3.21. The van der Waals surface area contributed by atoms with Crippen LogP contribution in [0.25, 0.3) is 10.8 Å². The summed E-state index contributed by atoms with van der Waals surface area (Å²) in [6, 6.07) is 11.9. The van der Waals surface area contributed by atoms with Gasteiger partial charge in [-0.25, -0.2) is 0 Å². The minimum Gasteiger partial charge on any atom is -0.507 e. The molecule has 3 heterocycles. The van der Waals surface area contributed by atoms with Crippen molar-refractivity contribution in [3.8, 4) is 5.75 Å². The largest absolute Gasteiger partial charge is 0.507 e. The number of hydrogen-bond acceptors (Lipinski definition) is 2. The van der Waals surface area contributed by atoms with Crippen molar-refractivity contribution in [2.45, 2.75) is 24.9 Å². The molecule has 3 nitrogen and oxygen atoms in total. The van der Waals surface area contributed by atoms with Crippen molar-refractivity contribution in [3.05, 3.63) is 42.0 Å². The molecule has 2 bridgehead atoms. The van der Waals surface area contributed by atoms with E-state index in [-0.39, 0.29) is 0 Å². The molecular formula is C18H22NO2+. The molecule has 0 radical (unpaired) electrons. The molecule has 110 valence electrons. The van der Waals surface area contributed by atoms with E-state index in [2.05, 4.69) is 0 Å². The third-order valence-electron chi connectivity index (χ3n) is 5.49. The van der Waals surface area contributed by atoms with Crippen LogP contribution in [-0.4, -0.2) is 35.4 Å². The molecule has 0 amide bonds. The number of aromatic hydroxyl groups is 1. The number of benzene rings is 2. The lowest BCUT2D eigenvalue weighted by Crippen LogP contribution is -3.17. The summed E-state index contributed by atoms with van der Waals surface area (Å²) in [5.74, 6) is 0.730. The molecule has 0 aromatic heterocycles. The van der Waals surface area contributed by atoms with Gasteiger partial charge in [-0.2, -0.15) is 0 Å². The molecule has 3 fully saturated rings. The second-order valence-corrected chi connectivity index (χ2v) is 6.78. The number of hydrogen-bond donors (Lipinski definition) is 3. The molecule has 3 heteroatoms. The van der Waals surface area contributed by atoms with Crippen LogP contribution in [0.4, 0.5) is 0 Å². The summed E-state index contributed by atoms with van der Waals surface area (Å²) < 4.78 is 0. The van der Waals surface area contributed by atoms with Gasteiger partial charge in [0.2, 0.25) is 0 Å². The normalized spacial score (nSPS) is 31.7. The predicted octanol–water partition coefficient (Wildman–Crippen LogP) is 1.13. The standard InChI is InChI=1S/C18H21NO2/c20-17-14(6-5-13-3-1-2-4-16(13)17)11-18(21)12-19-9-7-15(18)8-10-19/h1-6,15,20-21H,7-12H2/p+1. The lowest BCUT2D eigenvalue weighted by molar-refractivity contribution is -0.925. The van der Waals surface area contributed by atoms with Gasteiger partial charge in [-0.3, -0.25) is 0 Å². The van der Waals surface area contributed by atoms with Crippen molar-refractivity contribution < 1.29 is 15.1 Å². The summed E-state index contributed by atoms with van der Waals surface area (Å²) in [4.78, 5) is 1.51. The summed E-state index contributed by atoms with van der Waals surface area (Å²) in [6.07, 6.45) is 2.79. The van der Waals surface area contributed by atoms with Gasteiger partial charge in [0.05, 0.1) is 13.1 Å². The second-order valence-electron chi connectivity index (χ2n) is 6.78. The number of rotatable bonds is 2. The average molecular weight is 284 g/mol. The molecule has 2 aromatic rings. The Balaban J connectivity index is 1.69. The fraction of sp³-hybridized carbons (Fsp3) is 0.444. The van der Waals surface area contributed by atoms with E-state index >= 15 is 0 Å². The van der Waals surface area contributed by atoms with Crippen LogP contribution < -0.4 is 4.90 Å². The van der Waals surface area contributed by atoms with Crippen molar-refractivity contribution in [2.24, 2.45) is 5.92 Å². The Labute approximate surface area is 124 Å². The van der Waals surface area contributed by atoms with E-state index < -0.39 is 5.60 Å². The van der Waals surface area contributed by atoms with Gasteiger partial charge in [0.25, 0.3) is 0 Å². The van der Waals surface area contributed by atoms with Gasteiger partial charge in [-0.1, -0.05) is 36.4 Å². The van der Waals surface area contributed by atoms with Crippen LogP contribution in [0.2, 0.25) is 0 Å². The maximum absolute atomic E-state index is 11.1. The molecule has 0 aliphatic carbocycles. The van der Waals surface area contributed by atoms with Crippen molar-refractivity contribution in [2.75, 3.05) is 19.6 Å². The number of phenolic OH excluding ortho intramolecular Hbond substituents is 1. The molecule has 3 aliphatic rings. The van der Waals surface area contributed by atoms with Gasteiger partial charge in [0.15, 0.2) is 0 Å².